The van der Waals surface area contributed by atoms with E-state index in [1.807, 2.05) is 26.4 Å². The molecule has 2 unspecified atom stereocenters. The molecule has 3 rings (SSSR count). The Kier molecular flexibility index (Phi) is 4.55. The Hall–Kier alpha value is -1.00. The van der Waals surface area contributed by atoms with Gasteiger partial charge in [-0.3, -0.25) is 0 Å². The Morgan fingerprint density at radius 1 is 1.24 bits per heavy atom. The molecule has 4 nitrogen and oxygen atoms in total. The summed E-state index contributed by atoms with van der Waals surface area (Å²) in [5, 5.41) is 3.45. The van der Waals surface area contributed by atoms with Crippen LogP contribution >= 0.6 is 0 Å². The molecule has 2 fully saturated rings. The second-order valence-corrected chi connectivity index (χ2v) is 6.73. The smallest absolute Gasteiger partial charge is 0.145 e. The first-order valence-corrected chi connectivity index (χ1v) is 8.32. The molecule has 1 saturated heterocycles. The van der Waals surface area contributed by atoms with Crippen molar-refractivity contribution in [2.45, 2.75) is 63.5 Å². The second-order valence-electron chi connectivity index (χ2n) is 6.73. The summed E-state index contributed by atoms with van der Waals surface area (Å²) in [7, 11) is 2.02. The minimum Gasteiger partial charge on any atom is -0.375 e. The molecule has 21 heavy (non-hydrogen) atoms. The summed E-state index contributed by atoms with van der Waals surface area (Å²) in [5.41, 5.74) is 1.25. The zero-order valence-electron chi connectivity index (χ0n) is 13.3. The average Bonchev–Trinajstić information content (AvgIpc) is 2.51. The van der Waals surface area contributed by atoms with Crippen LogP contribution in [0.2, 0.25) is 0 Å². The van der Waals surface area contributed by atoms with Crippen LogP contribution < -0.4 is 5.32 Å². The lowest BCUT2D eigenvalue weighted by molar-refractivity contribution is -0.122. The van der Waals surface area contributed by atoms with E-state index in [0.717, 1.165) is 30.8 Å². The quantitative estimate of drug-likeness (QED) is 0.928. The normalized spacial score (nSPS) is 26.7. The van der Waals surface area contributed by atoms with E-state index in [2.05, 4.69) is 15.3 Å². The van der Waals surface area contributed by atoms with Crippen molar-refractivity contribution in [2.75, 3.05) is 13.7 Å². The van der Waals surface area contributed by atoms with Gasteiger partial charge in [0.15, 0.2) is 0 Å². The van der Waals surface area contributed by atoms with Crippen LogP contribution in [-0.4, -0.2) is 29.2 Å². The van der Waals surface area contributed by atoms with Crippen molar-refractivity contribution in [1.82, 2.24) is 15.3 Å². The van der Waals surface area contributed by atoms with Crippen molar-refractivity contribution < 1.29 is 4.74 Å². The fraction of sp³-hybridized carbons (Fsp3) is 0.765. The van der Waals surface area contributed by atoms with Crippen molar-refractivity contribution in [3.05, 3.63) is 23.8 Å². The largest absolute Gasteiger partial charge is 0.375 e. The Morgan fingerprint density at radius 3 is 2.62 bits per heavy atom. The predicted molar refractivity (Wildman–Crippen MR) is 83.1 cm³/mol. The van der Waals surface area contributed by atoms with Gasteiger partial charge in [0.2, 0.25) is 0 Å². The van der Waals surface area contributed by atoms with Crippen LogP contribution in [0.25, 0.3) is 0 Å². The van der Waals surface area contributed by atoms with E-state index in [9.17, 15) is 0 Å². The summed E-state index contributed by atoms with van der Waals surface area (Å²) in [6.07, 6.45) is 12.6. The highest BCUT2D eigenvalue weighted by Gasteiger charge is 2.41. The number of hydrogen-bond acceptors (Lipinski definition) is 4. The van der Waals surface area contributed by atoms with Gasteiger partial charge in [0.05, 0.1) is 11.6 Å². The van der Waals surface area contributed by atoms with E-state index < -0.39 is 0 Å². The van der Waals surface area contributed by atoms with E-state index in [1.54, 1.807) is 0 Å². The van der Waals surface area contributed by atoms with Crippen LogP contribution in [0.15, 0.2) is 12.4 Å². The van der Waals surface area contributed by atoms with E-state index >= 15 is 0 Å². The third kappa shape index (κ3) is 3.27. The zero-order chi connectivity index (χ0) is 14.7. The highest BCUT2D eigenvalue weighted by atomic mass is 16.5. The number of hydrogen-bond donors (Lipinski definition) is 1. The lowest BCUT2D eigenvalue weighted by atomic mass is 9.74. The SMILES string of the molecule is CNC(c1ncc(C)cn1)C1CCOC2(CCCCC2)C1. The predicted octanol–water partition coefficient (Wildman–Crippen LogP) is 3.18. The standard InChI is InChI=1S/C17H27N3O/c1-13-11-19-16(20-12-13)15(18-2)14-6-9-21-17(10-14)7-4-3-5-8-17/h11-12,14-15,18H,3-10H2,1-2H3. The number of aromatic nitrogens is 2. The molecule has 0 amide bonds. The summed E-state index contributed by atoms with van der Waals surface area (Å²) in [6, 6.07) is 0.244. The number of rotatable bonds is 3. The maximum atomic E-state index is 6.22. The molecule has 0 radical (unpaired) electrons. The maximum absolute atomic E-state index is 6.22. The Bertz CT molecular complexity index is 448. The van der Waals surface area contributed by atoms with Gasteiger partial charge in [-0.1, -0.05) is 19.3 Å². The molecule has 1 aromatic rings. The molecule has 1 spiro atoms. The van der Waals surface area contributed by atoms with E-state index in [-0.39, 0.29) is 11.6 Å². The maximum Gasteiger partial charge on any atom is 0.145 e. The molecular weight excluding hydrogens is 262 g/mol. The number of aryl methyl sites for hydroxylation is 1. The first-order valence-electron chi connectivity index (χ1n) is 8.32. The van der Waals surface area contributed by atoms with Crippen LogP contribution in [0.5, 0.6) is 0 Å². The molecule has 2 heterocycles. The molecule has 2 atom stereocenters. The lowest BCUT2D eigenvalue weighted by Gasteiger charge is -2.45. The molecular formula is C17H27N3O. The molecule has 1 aliphatic carbocycles. The van der Waals surface area contributed by atoms with Gasteiger partial charge in [0, 0.05) is 19.0 Å². The molecule has 1 aromatic heterocycles. The van der Waals surface area contributed by atoms with Gasteiger partial charge in [0.25, 0.3) is 0 Å². The number of nitrogens with one attached hydrogen (secondary N) is 1. The van der Waals surface area contributed by atoms with Crippen LogP contribution in [0, 0.1) is 12.8 Å². The molecule has 0 bridgehead atoms. The second kappa shape index (κ2) is 6.41. The monoisotopic (exact) mass is 289 g/mol. The minimum absolute atomic E-state index is 0.140. The van der Waals surface area contributed by atoms with E-state index in [1.165, 1.54) is 32.1 Å². The molecule has 1 aliphatic heterocycles. The van der Waals surface area contributed by atoms with E-state index in [4.69, 9.17) is 4.74 Å². The van der Waals surface area contributed by atoms with Crippen LogP contribution in [0.3, 0.4) is 0 Å². The molecule has 116 valence electrons. The third-order valence-corrected chi connectivity index (χ3v) is 5.16. The van der Waals surface area contributed by atoms with Gasteiger partial charge in [-0.15, -0.1) is 0 Å². The fourth-order valence-electron chi connectivity index (χ4n) is 4.03. The summed E-state index contributed by atoms with van der Waals surface area (Å²) >= 11 is 0. The highest BCUT2D eigenvalue weighted by molar-refractivity contribution is 5.07. The molecule has 1 N–H and O–H groups in total. The van der Waals surface area contributed by atoms with Gasteiger partial charge >= 0.3 is 0 Å². The molecule has 2 aliphatic rings. The van der Waals surface area contributed by atoms with Crippen molar-refractivity contribution in [2.24, 2.45) is 5.92 Å². The van der Waals surface area contributed by atoms with Gasteiger partial charge in [0.1, 0.15) is 5.82 Å². The van der Waals surface area contributed by atoms with Crippen LogP contribution in [-0.2, 0) is 4.74 Å². The van der Waals surface area contributed by atoms with E-state index in [0.29, 0.717) is 5.92 Å². The van der Waals surface area contributed by atoms with Gasteiger partial charge in [-0.25, -0.2) is 9.97 Å². The summed E-state index contributed by atoms with van der Waals surface area (Å²) in [5.74, 6) is 1.51. The molecule has 4 heteroatoms. The number of ether oxygens (including phenoxy) is 1. The minimum atomic E-state index is 0.140. The summed E-state index contributed by atoms with van der Waals surface area (Å²) in [6.45, 7) is 2.92. The molecule has 1 saturated carbocycles. The van der Waals surface area contributed by atoms with Gasteiger partial charge < -0.3 is 10.1 Å². The van der Waals surface area contributed by atoms with Crippen molar-refractivity contribution in [3.8, 4) is 0 Å². The van der Waals surface area contributed by atoms with Gasteiger partial charge in [-0.05, 0) is 51.1 Å². The molecule has 0 aromatic carbocycles. The van der Waals surface area contributed by atoms with Crippen molar-refractivity contribution >= 4 is 0 Å². The summed E-state index contributed by atoms with van der Waals surface area (Å²) < 4.78 is 6.22. The van der Waals surface area contributed by atoms with Crippen LogP contribution in [0.4, 0.5) is 0 Å². The average molecular weight is 289 g/mol. The fourth-order valence-corrected chi connectivity index (χ4v) is 4.03. The summed E-state index contributed by atoms with van der Waals surface area (Å²) in [4.78, 5) is 9.09. The van der Waals surface area contributed by atoms with Gasteiger partial charge in [-0.2, -0.15) is 0 Å². The Labute approximate surface area is 127 Å². The first kappa shape index (κ1) is 14.9. The topological polar surface area (TPSA) is 47.0 Å². The number of nitrogens with zero attached hydrogens (tertiary/aromatic N) is 2. The highest BCUT2D eigenvalue weighted by Crippen LogP contribution is 2.43. The zero-order valence-corrected chi connectivity index (χ0v) is 13.3. The third-order valence-electron chi connectivity index (χ3n) is 5.16. The lowest BCUT2D eigenvalue weighted by Crippen LogP contribution is -2.44. The Morgan fingerprint density at radius 2 is 1.95 bits per heavy atom. The first-order chi connectivity index (χ1) is 10.2. The van der Waals surface area contributed by atoms with Crippen molar-refractivity contribution in [1.29, 1.82) is 0 Å². The Balaban J connectivity index is 1.75. The van der Waals surface area contributed by atoms with Crippen LogP contribution in [0.1, 0.15) is 62.4 Å². The van der Waals surface area contributed by atoms with Crippen molar-refractivity contribution in [3.63, 3.8) is 0 Å².